The van der Waals surface area contributed by atoms with Gasteiger partial charge in [-0.2, -0.15) is 0 Å². The number of fused-ring (bicyclic) bond motifs is 1. The molecule has 0 aromatic heterocycles. The quantitative estimate of drug-likeness (QED) is 0.541. The molecule has 1 N–H and O–H groups in total. The van der Waals surface area contributed by atoms with Gasteiger partial charge in [0.25, 0.3) is 0 Å². The molecule has 0 aromatic carbocycles. The molecular formula is C8H10N4S. The molecule has 0 fully saturated rings. The first kappa shape index (κ1) is 8.40. The average molecular weight is 194 g/mol. The van der Waals surface area contributed by atoms with Crippen molar-refractivity contribution >= 4 is 17.8 Å². The third-order valence-corrected chi connectivity index (χ3v) is 2.33. The lowest BCUT2D eigenvalue weighted by Crippen LogP contribution is -2.36. The molecule has 0 aromatic rings. The molecule has 2 heterocycles. The molecule has 0 saturated heterocycles. The van der Waals surface area contributed by atoms with Crippen LogP contribution in [0.5, 0.6) is 0 Å². The van der Waals surface area contributed by atoms with Crippen molar-refractivity contribution in [3.8, 4) is 0 Å². The van der Waals surface area contributed by atoms with E-state index in [4.69, 9.17) is 0 Å². The molecule has 5 heteroatoms. The summed E-state index contributed by atoms with van der Waals surface area (Å²) in [6, 6.07) is 0. The first-order chi connectivity index (χ1) is 6.40. The number of nitrogens with one attached hydrogen (secondary N) is 1. The lowest BCUT2D eigenvalue weighted by atomic mass is 10.4. The highest BCUT2D eigenvalue weighted by Crippen LogP contribution is 2.15. The van der Waals surface area contributed by atoms with Crippen molar-refractivity contribution in [2.24, 2.45) is 5.10 Å². The smallest absolute Gasteiger partial charge is 0.171 e. The Morgan fingerprint density at radius 1 is 1.62 bits per heavy atom. The number of nitrogens with zero attached hydrogens (tertiary/aromatic N) is 3. The van der Waals surface area contributed by atoms with Crippen molar-refractivity contribution in [2.45, 2.75) is 0 Å². The van der Waals surface area contributed by atoms with Crippen molar-refractivity contribution in [3.63, 3.8) is 0 Å². The van der Waals surface area contributed by atoms with E-state index < -0.39 is 0 Å². The van der Waals surface area contributed by atoms with Gasteiger partial charge in [-0.3, -0.25) is 0 Å². The second-order valence-corrected chi connectivity index (χ2v) is 3.42. The number of amidine groups is 1. The predicted octanol–water partition coefficient (Wildman–Crippen LogP) is 1.25. The van der Waals surface area contributed by atoms with E-state index >= 15 is 0 Å². The highest BCUT2D eigenvalue weighted by atomic mass is 32.2. The van der Waals surface area contributed by atoms with Crippen molar-refractivity contribution in [1.82, 2.24) is 15.1 Å². The summed E-state index contributed by atoms with van der Waals surface area (Å²) < 4.78 is 1.72. The Balaban J connectivity index is 1.99. The molecule has 2 aliphatic heterocycles. The van der Waals surface area contributed by atoms with E-state index in [0.29, 0.717) is 0 Å². The topological polar surface area (TPSA) is 30.9 Å². The second kappa shape index (κ2) is 3.68. The van der Waals surface area contributed by atoms with Crippen LogP contribution in [0.25, 0.3) is 0 Å². The van der Waals surface area contributed by atoms with Gasteiger partial charge < -0.3 is 0 Å². The molecule has 0 atom stereocenters. The summed E-state index contributed by atoms with van der Waals surface area (Å²) in [5.74, 6) is 1.74. The molecule has 0 bridgehead atoms. The number of hydrazone groups is 1. The summed E-state index contributed by atoms with van der Waals surface area (Å²) in [5.41, 5.74) is 3.07. The maximum Gasteiger partial charge on any atom is 0.171 e. The highest BCUT2D eigenvalue weighted by Gasteiger charge is 2.19. The van der Waals surface area contributed by atoms with Gasteiger partial charge in [0.05, 0.1) is 0 Å². The fraction of sp³-hybridized carbons (Fsp3) is 0.125. The highest BCUT2D eigenvalue weighted by molar-refractivity contribution is 7.97. The Hall–Kier alpha value is -1.20. The van der Waals surface area contributed by atoms with Crippen LogP contribution in [0.1, 0.15) is 0 Å². The lowest BCUT2D eigenvalue weighted by Gasteiger charge is -2.16. The average Bonchev–Trinajstić information content (AvgIpc) is 2.57. The number of allylic oxidation sites excluding steroid dienone is 2. The lowest BCUT2D eigenvalue weighted by molar-refractivity contribution is 0.268. The van der Waals surface area contributed by atoms with Crippen molar-refractivity contribution in [3.05, 3.63) is 37.1 Å². The molecule has 2 rings (SSSR count). The predicted molar refractivity (Wildman–Crippen MR) is 55.2 cm³/mol. The van der Waals surface area contributed by atoms with Crippen LogP contribution in [-0.2, 0) is 0 Å². The molecule has 0 amide bonds. The van der Waals surface area contributed by atoms with Crippen LogP contribution in [0.2, 0.25) is 0 Å². The fourth-order valence-electron chi connectivity index (χ4n) is 0.989. The molecule has 0 saturated carbocycles. The summed E-state index contributed by atoms with van der Waals surface area (Å²) in [6.45, 7) is 3.65. The monoisotopic (exact) mass is 194 g/mol. The van der Waals surface area contributed by atoms with Crippen molar-refractivity contribution < 1.29 is 0 Å². The fourth-order valence-corrected chi connectivity index (χ4v) is 1.52. The summed E-state index contributed by atoms with van der Waals surface area (Å²) in [5, 5.41) is 6.15. The van der Waals surface area contributed by atoms with Gasteiger partial charge in [0.15, 0.2) is 5.84 Å². The molecule has 0 spiro atoms. The van der Waals surface area contributed by atoms with E-state index in [9.17, 15) is 0 Å². The van der Waals surface area contributed by atoms with Gasteiger partial charge in [0.2, 0.25) is 0 Å². The van der Waals surface area contributed by atoms with Crippen LogP contribution < -0.4 is 5.53 Å². The van der Waals surface area contributed by atoms with Gasteiger partial charge >= 0.3 is 0 Å². The Bertz CT molecular complexity index is 295. The normalized spacial score (nSPS) is 18.9. The van der Waals surface area contributed by atoms with E-state index in [2.05, 4.69) is 17.2 Å². The molecule has 13 heavy (non-hydrogen) atoms. The van der Waals surface area contributed by atoms with Gasteiger partial charge in [0.1, 0.15) is 0 Å². The molecule has 0 unspecified atom stereocenters. The van der Waals surface area contributed by atoms with Gasteiger partial charge in [-0.1, -0.05) is 12.2 Å². The summed E-state index contributed by atoms with van der Waals surface area (Å²) in [4.78, 5) is 0. The van der Waals surface area contributed by atoms with Gasteiger partial charge in [0, 0.05) is 12.0 Å². The van der Waals surface area contributed by atoms with Crippen LogP contribution >= 0.6 is 11.9 Å². The third-order valence-electron chi connectivity index (χ3n) is 1.54. The number of rotatable bonds is 3. The summed E-state index contributed by atoms with van der Waals surface area (Å²) in [6.07, 6.45) is 9.62. The van der Waals surface area contributed by atoms with Crippen molar-refractivity contribution in [2.75, 3.05) is 5.75 Å². The van der Waals surface area contributed by atoms with Gasteiger partial charge in [-0.25, -0.2) is 5.01 Å². The van der Waals surface area contributed by atoms with E-state index in [1.807, 2.05) is 35.5 Å². The Kier molecular flexibility index (Phi) is 2.37. The minimum atomic E-state index is 0.838. The minimum absolute atomic E-state index is 0.838. The van der Waals surface area contributed by atoms with Crippen LogP contribution in [0.3, 0.4) is 0 Å². The first-order valence-corrected chi connectivity index (χ1v) is 4.87. The molecular weight excluding hydrogens is 184 g/mol. The van der Waals surface area contributed by atoms with Gasteiger partial charge in [-0.05, 0) is 24.1 Å². The molecule has 0 radical (unpaired) electrons. The molecule has 4 nitrogen and oxygen atoms in total. The minimum Gasteiger partial charge on any atom is -0.245 e. The molecule has 68 valence electrons. The van der Waals surface area contributed by atoms with Crippen LogP contribution in [0, 0.1) is 0 Å². The summed E-state index contributed by atoms with van der Waals surface area (Å²) in [7, 11) is 0. The number of hydrogen-bond donors (Lipinski definition) is 1. The van der Waals surface area contributed by atoms with Crippen LogP contribution in [0.15, 0.2) is 42.2 Å². The Morgan fingerprint density at radius 3 is 3.31 bits per heavy atom. The van der Waals surface area contributed by atoms with E-state index in [0.717, 1.165) is 11.6 Å². The first-order valence-electron chi connectivity index (χ1n) is 3.93. The van der Waals surface area contributed by atoms with Crippen LogP contribution in [-0.4, -0.2) is 21.1 Å². The molecule has 2 aliphatic rings. The van der Waals surface area contributed by atoms with Crippen LogP contribution in [0.4, 0.5) is 0 Å². The zero-order valence-corrected chi connectivity index (χ0v) is 7.87. The number of hydrazine groups is 2. The van der Waals surface area contributed by atoms with E-state index in [1.165, 1.54) is 0 Å². The van der Waals surface area contributed by atoms with Gasteiger partial charge in [-0.15, -0.1) is 21.7 Å². The zero-order valence-electron chi connectivity index (χ0n) is 7.05. The SMILES string of the molecule is C=CCSN1N=C2C=CC=CN2N1. The molecule has 0 aliphatic carbocycles. The maximum absolute atomic E-state index is 4.29. The number of hydrogen-bond acceptors (Lipinski definition) is 5. The Labute approximate surface area is 81.3 Å². The largest absolute Gasteiger partial charge is 0.245 e. The standard InChI is InChI=1S/C8H10N4S/c1-2-7-13-12-9-8-5-3-4-6-11(8)10-12/h2-6,10H,1,7H2. The summed E-state index contributed by atoms with van der Waals surface area (Å²) >= 11 is 1.56. The third kappa shape index (κ3) is 1.76. The zero-order chi connectivity index (χ0) is 9.10. The van der Waals surface area contributed by atoms with E-state index in [1.54, 1.807) is 16.5 Å². The van der Waals surface area contributed by atoms with E-state index in [-0.39, 0.29) is 0 Å². The Morgan fingerprint density at radius 2 is 2.54 bits per heavy atom. The van der Waals surface area contributed by atoms with Crippen molar-refractivity contribution in [1.29, 1.82) is 0 Å². The maximum atomic E-state index is 4.29. The second-order valence-electron chi connectivity index (χ2n) is 2.49.